The minimum Gasteiger partial charge on any atom is -0.394 e. The monoisotopic (exact) mass is 830 g/mol. The minimum atomic E-state index is -1.65. The lowest BCUT2D eigenvalue weighted by Crippen LogP contribution is -2.60. The highest BCUT2D eigenvalue weighted by Gasteiger charge is 2.44. The fourth-order valence-corrected chi connectivity index (χ4v) is 7.79. The number of hydrogen-bond donors (Lipinski definition) is 8. The van der Waals surface area contributed by atoms with Gasteiger partial charge in [-0.15, -0.1) is 0 Å². The predicted octanol–water partition coefficient (Wildman–Crippen LogP) is 8.06. The molecule has 1 aliphatic heterocycles. The molecule has 1 fully saturated rings. The van der Waals surface area contributed by atoms with Gasteiger partial charge in [0.25, 0.3) is 0 Å². The van der Waals surface area contributed by atoms with Gasteiger partial charge >= 0.3 is 0 Å². The molecule has 0 aliphatic carbocycles. The van der Waals surface area contributed by atoms with E-state index in [1.54, 1.807) is 0 Å². The molecule has 9 atom stereocenters. The summed E-state index contributed by atoms with van der Waals surface area (Å²) in [6.45, 7) is 3.24. The highest BCUT2D eigenvalue weighted by Crippen LogP contribution is 2.23. The number of hydrogen-bond acceptors (Lipinski definition) is 10. The topological polar surface area (TPSA) is 189 Å². The smallest absolute Gasteiger partial charge is 0.249 e. The van der Waals surface area contributed by atoms with Gasteiger partial charge in [0.1, 0.15) is 36.6 Å². The predicted molar refractivity (Wildman–Crippen MR) is 233 cm³/mol. The number of aliphatic hydroxyl groups excluding tert-OH is 7. The summed E-state index contributed by atoms with van der Waals surface area (Å²) < 4.78 is 11.0. The molecule has 0 aromatic heterocycles. The first-order valence-electron chi connectivity index (χ1n) is 24.1. The summed E-state index contributed by atoms with van der Waals surface area (Å²) in [6.07, 6.45) is 29.7. The van der Waals surface area contributed by atoms with Gasteiger partial charge in [0.15, 0.2) is 6.29 Å². The Kier molecular flexibility index (Phi) is 35.6. The van der Waals surface area contributed by atoms with E-state index in [9.17, 15) is 40.5 Å². The number of unbranched alkanes of at least 4 members (excludes halogenated alkanes) is 26. The summed E-state index contributed by atoms with van der Waals surface area (Å²) in [4.78, 5) is 12.9. The van der Waals surface area contributed by atoms with E-state index < -0.39 is 74.2 Å². The molecule has 0 bridgehead atoms. The zero-order chi connectivity index (χ0) is 42.6. The molecule has 1 amide bonds. The Bertz CT molecular complexity index is 954. The lowest BCUT2D eigenvalue weighted by Gasteiger charge is -2.40. The SMILES string of the molecule is CCCCCCCCCCCCCC/C=C\CCCCCCCCCCCCCCC(O)C(=O)NC(COC1OC(CO)C(O)C(O)C1O)C(O)C(O)CCCCC. The average Bonchev–Trinajstić information content (AvgIpc) is 3.22. The van der Waals surface area contributed by atoms with E-state index in [1.807, 2.05) is 6.92 Å². The minimum absolute atomic E-state index is 0.260. The Labute approximate surface area is 353 Å². The summed E-state index contributed by atoms with van der Waals surface area (Å²) in [5.74, 6) is -0.705. The molecule has 1 saturated heterocycles. The van der Waals surface area contributed by atoms with Gasteiger partial charge in [-0.05, 0) is 38.5 Å². The van der Waals surface area contributed by atoms with Crippen LogP contribution in [0.4, 0.5) is 0 Å². The third kappa shape index (κ3) is 26.9. The number of amides is 1. The van der Waals surface area contributed by atoms with Crippen LogP contribution in [0.5, 0.6) is 0 Å². The van der Waals surface area contributed by atoms with Crippen LogP contribution in [0.3, 0.4) is 0 Å². The molecule has 1 aliphatic rings. The molecule has 11 heteroatoms. The van der Waals surface area contributed by atoms with Crippen molar-refractivity contribution in [2.75, 3.05) is 13.2 Å². The molecule has 8 N–H and O–H groups in total. The molecule has 0 spiro atoms. The zero-order valence-electron chi connectivity index (χ0n) is 37.0. The first kappa shape index (κ1) is 54.9. The van der Waals surface area contributed by atoms with E-state index in [0.29, 0.717) is 19.3 Å². The van der Waals surface area contributed by atoms with Crippen LogP contribution in [0.15, 0.2) is 12.2 Å². The number of nitrogens with one attached hydrogen (secondary N) is 1. The number of carbonyl (C=O) groups is 1. The molecule has 58 heavy (non-hydrogen) atoms. The summed E-state index contributed by atoms with van der Waals surface area (Å²) in [7, 11) is 0. The molecular weight excluding hydrogens is 739 g/mol. The fraction of sp³-hybridized carbons (Fsp3) is 0.936. The van der Waals surface area contributed by atoms with Crippen LogP contribution in [0.2, 0.25) is 0 Å². The Morgan fingerprint density at radius 1 is 0.586 bits per heavy atom. The van der Waals surface area contributed by atoms with Crippen LogP contribution >= 0.6 is 0 Å². The Balaban J connectivity index is 2.12. The molecule has 1 heterocycles. The second kappa shape index (κ2) is 37.6. The van der Waals surface area contributed by atoms with Crippen LogP contribution in [0.1, 0.15) is 213 Å². The van der Waals surface area contributed by atoms with Gasteiger partial charge in [0.2, 0.25) is 5.91 Å². The van der Waals surface area contributed by atoms with Crippen LogP contribution in [0.25, 0.3) is 0 Å². The molecule has 344 valence electrons. The summed E-state index contributed by atoms with van der Waals surface area (Å²) in [5.41, 5.74) is 0. The van der Waals surface area contributed by atoms with E-state index in [4.69, 9.17) is 9.47 Å². The maximum Gasteiger partial charge on any atom is 0.249 e. The van der Waals surface area contributed by atoms with Crippen LogP contribution < -0.4 is 5.32 Å². The van der Waals surface area contributed by atoms with E-state index >= 15 is 0 Å². The van der Waals surface area contributed by atoms with Crippen LogP contribution in [-0.4, -0.2) is 110 Å². The van der Waals surface area contributed by atoms with Crippen LogP contribution in [-0.2, 0) is 14.3 Å². The Morgan fingerprint density at radius 3 is 1.47 bits per heavy atom. The molecule has 11 nitrogen and oxygen atoms in total. The summed E-state index contributed by atoms with van der Waals surface area (Å²) in [5, 5.41) is 74.6. The van der Waals surface area contributed by atoms with Crippen molar-refractivity contribution in [2.24, 2.45) is 0 Å². The van der Waals surface area contributed by atoms with Crippen molar-refractivity contribution < 1.29 is 50.0 Å². The van der Waals surface area contributed by atoms with E-state index in [1.165, 1.54) is 141 Å². The van der Waals surface area contributed by atoms with Gasteiger partial charge < -0.3 is 50.5 Å². The number of allylic oxidation sites excluding steroid dienone is 2. The standard InChI is InChI=1S/C47H91NO10/c1-3-5-7-8-9-10-11-12-13-14-15-16-17-18-19-20-21-22-23-24-25-26-27-28-29-30-31-33-35-40(51)46(56)48-38(42(52)39(50)34-32-6-4-2)37-57-47-45(55)44(54)43(53)41(36-49)58-47/h18-19,38-45,47,49-55H,3-17,20-37H2,1-2H3,(H,48,56)/b19-18-. The lowest BCUT2D eigenvalue weighted by atomic mass is 9.98. The third-order valence-corrected chi connectivity index (χ3v) is 11.8. The fourth-order valence-electron chi connectivity index (χ4n) is 7.79. The maximum atomic E-state index is 12.9. The lowest BCUT2D eigenvalue weighted by molar-refractivity contribution is -0.303. The highest BCUT2D eigenvalue weighted by atomic mass is 16.7. The van der Waals surface area contributed by atoms with E-state index in [0.717, 1.165) is 32.1 Å². The first-order chi connectivity index (χ1) is 28.2. The van der Waals surface area contributed by atoms with Crippen molar-refractivity contribution in [3.05, 3.63) is 12.2 Å². The molecule has 0 aromatic carbocycles. The van der Waals surface area contributed by atoms with Crippen molar-refractivity contribution in [1.82, 2.24) is 5.32 Å². The van der Waals surface area contributed by atoms with Crippen LogP contribution in [0, 0.1) is 0 Å². The number of rotatable bonds is 40. The van der Waals surface area contributed by atoms with Crippen molar-refractivity contribution in [2.45, 2.75) is 268 Å². The van der Waals surface area contributed by atoms with Crippen molar-refractivity contribution >= 4 is 5.91 Å². The number of aliphatic hydroxyl groups is 7. The van der Waals surface area contributed by atoms with Gasteiger partial charge in [0.05, 0.1) is 25.4 Å². The Morgan fingerprint density at radius 2 is 1.00 bits per heavy atom. The van der Waals surface area contributed by atoms with E-state index in [-0.39, 0.29) is 6.42 Å². The van der Waals surface area contributed by atoms with Crippen molar-refractivity contribution in [3.8, 4) is 0 Å². The molecule has 0 radical (unpaired) electrons. The normalized spacial score (nSPS) is 22.0. The molecule has 1 rings (SSSR count). The van der Waals surface area contributed by atoms with Crippen molar-refractivity contribution in [1.29, 1.82) is 0 Å². The molecular formula is C47H91NO10. The molecule has 0 saturated carbocycles. The number of ether oxygens (including phenoxy) is 2. The average molecular weight is 830 g/mol. The second-order valence-corrected chi connectivity index (χ2v) is 17.2. The van der Waals surface area contributed by atoms with Crippen molar-refractivity contribution in [3.63, 3.8) is 0 Å². The quantitative estimate of drug-likeness (QED) is 0.0222. The zero-order valence-corrected chi connectivity index (χ0v) is 37.0. The van der Waals surface area contributed by atoms with Gasteiger partial charge in [-0.3, -0.25) is 4.79 Å². The van der Waals surface area contributed by atoms with Gasteiger partial charge in [-0.2, -0.15) is 0 Å². The molecule has 0 aromatic rings. The summed E-state index contributed by atoms with van der Waals surface area (Å²) in [6, 6.07) is -1.16. The van der Waals surface area contributed by atoms with Gasteiger partial charge in [0, 0.05) is 0 Å². The highest BCUT2D eigenvalue weighted by molar-refractivity contribution is 5.80. The second-order valence-electron chi connectivity index (χ2n) is 17.2. The van der Waals surface area contributed by atoms with Gasteiger partial charge in [-0.25, -0.2) is 0 Å². The largest absolute Gasteiger partial charge is 0.394 e. The maximum absolute atomic E-state index is 12.9. The number of carbonyl (C=O) groups excluding carboxylic acids is 1. The third-order valence-electron chi connectivity index (χ3n) is 11.8. The van der Waals surface area contributed by atoms with E-state index in [2.05, 4.69) is 24.4 Å². The first-order valence-corrected chi connectivity index (χ1v) is 24.1. The molecule has 9 unspecified atom stereocenters. The van der Waals surface area contributed by atoms with Gasteiger partial charge in [-0.1, -0.05) is 187 Å². The Hall–Kier alpha value is -1.15. The summed E-state index contributed by atoms with van der Waals surface area (Å²) >= 11 is 0.